The molecular weight excluding hydrogens is 216 g/mol. The van der Waals surface area contributed by atoms with E-state index in [9.17, 15) is 4.79 Å². The summed E-state index contributed by atoms with van der Waals surface area (Å²) >= 11 is 0. The zero-order chi connectivity index (χ0) is 12.5. The van der Waals surface area contributed by atoms with Crippen molar-refractivity contribution in [2.24, 2.45) is 0 Å². The quantitative estimate of drug-likeness (QED) is 0.710. The number of hydrogen-bond donors (Lipinski definition) is 0. The summed E-state index contributed by atoms with van der Waals surface area (Å²) in [7, 11) is 0. The molecule has 0 atom stereocenters. The van der Waals surface area contributed by atoms with E-state index >= 15 is 0 Å². The summed E-state index contributed by atoms with van der Waals surface area (Å²) in [6.07, 6.45) is 4.20. The lowest BCUT2D eigenvalue weighted by Gasteiger charge is -2.08. The molecule has 0 saturated heterocycles. The van der Waals surface area contributed by atoms with E-state index < -0.39 is 0 Å². The maximum Gasteiger partial charge on any atom is 0.309 e. The van der Waals surface area contributed by atoms with Gasteiger partial charge in [-0.3, -0.25) is 4.79 Å². The number of esters is 1. The van der Waals surface area contributed by atoms with Crippen molar-refractivity contribution in [3.8, 4) is 5.75 Å². The van der Waals surface area contributed by atoms with Crippen LogP contribution >= 0.6 is 0 Å². The average Bonchev–Trinajstić information content (AvgIpc) is 2.32. The van der Waals surface area contributed by atoms with E-state index in [1.807, 2.05) is 43.3 Å². The van der Waals surface area contributed by atoms with Crippen molar-refractivity contribution in [3.05, 3.63) is 35.9 Å². The second-order valence-electron chi connectivity index (χ2n) is 3.44. The Balaban J connectivity index is 2.48. The zero-order valence-electron chi connectivity index (χ0n) is 10.3. The van der Waals surface area contributed by atoms with Crippen LogP contribution in [0, 0.1) is 0 Å². The Morgan fingerprint density at radius 1 is 1.35 bits per heavy atom. The normalized spacial score (nSPS) is 10.5. The van der Waals surface area contributed by atoms with Crippen molar-refractivity contribution in [1.82, 2.24) is 0 Å². The number of rotatable bonds is 6. The Kier molecular flexibility index (Phi) is 5.86. The minimum Gasteiger partial charge on any atom is -0.492 e. The van der Waals surface area contributed by atoms with E-state index in [1.54, 1.807) is 6.92 Å². The van der Waals surface area contributed by atoms with E-state index in [1.165, 1.54) is 0 Å². The molecule has 1 aromatic carbocycles. The van der Waals surface area contributed by atoms with Crippen molar-refractivity contribution in [3.63, 3.8) is 0 Å². The summed E-state index contributed by atoms with van der Waals surface area (Å²) < 4.78 is 10.4. The SMILES string of the molecule is C/C=C/c1ccccc1OCCC(=O)OCC. The minimum atomic E-state index is -0.226. The van der Waals surface area contributed by atoms with E-state index in [-0.39, 0.29) is 12.4 Å². The van der Waals surface area contributed by atoms with Crippen LogP contribution in [0.3, 0.4) is 0 Å². The van der Waals surface area contributed by atoms with E-state index in [4.69, 9.17) is 9.47 Å². The predicted octanol–water partition coefficient (Wildman–Crippen LogP) is 3.05. The van der Waals surface area contributed by atoms with Crippen LogP contribution in [0.15, 0.2) is 30.3 Å². The first-order chi connectivity index (χ1) is 8.27. The summed E-state index contributed by atoms with van der Waals surface area (Å²) in [6, 6.07) is 7.72. The fourth-order valence-electron chi connectivity index (χ4n) is 1.41. The molecule has 0 heterocycles. The molecule has 0 aliphatic heterocycles. The van der Waals surface area contributed by atoms with Gasteiger partial charge in [-0.15, -0.1) is 0 Å². The third-order valence-corrected chi connectivity index (χ3v) is 2.13. The van der Waals surface area contributed by atoms with Gasteiger partial charge < -0.3 is 9.47 Å². The minimum absolute atomic E-state index is 0.226. The van der Waals surface area contributed by atoms with Gasteiger partial charge in [0.05, 0.1) is 19.6 Å². The fourth-order valence-corrected chi connectivity index (χ4v) is 1.41. The molecule has 0 aliphatic rings. The van der Waals surface area contributed by atoms with Crippen molar-refractivity contribution >= 4 is 12.0 Å². The number of para-hydroxylation sites is 1. The van der Waals surface area contributed by atoms with Gasteiger partial charge in [0.15, 0.2) is 0 Å². The third-order valence-electron chi connectivity index (χ3n) is 2.13. The first-order valence-electron chi connectivity index (χ1n) is 5.78. The van der Waals surface area contributed by atoms with Crippen molar-refractivity contribution in [2.45, 2.75) is 20.3 Å². The molecule has 1 rings (SSSR count). The van der Waals surface area contributed by atoms with Gasteiger partial charge in [0.2, 0.25) is 0 Å². The molecule has 0 fully saturated rings. The Morgan fingerprint density at radius 3 is 2.82 bits per heavy atom. The molecule has 0 aliphatic carbocycles. The molecule has 0 aromatic heterocycles. The Bertz CT molecular complexity index is 383. The number of allylic oxidation sites excluding steroid dienone is 1. The second-order valence-corrected chi connectivity index (χ2v) is 3.44. The predicted molar refractivity (Wildman–Crippen MR) is 67.9 cm³/mol. The number of benzene rings is 1. The molecule has 0 bridgehead atoms. The molecule has 0 spiro atoms. The average molecular weight is 234 g/mol. The van der Waals surface area contributed by atoms with Crippen molar-refractivity contribution in [2.75, 3.05) is 13.2 Å². The Hall–Kier alpha value is -1.77. The van der Waals surface area contributed by atoms with Crippen LogP contribution in [0.2, 0.25) is 0 Å². The molecule has 0 N–H and O–H groups in total. The van der Waals surface area contributed by atoms with Crippen molar-refractivity contribution < 1.29 is 14.3 Å². The van der Waals surface area contributed by atoms with Crippen LogP contribution < -0.4 is 4.74 Å². The van der Waals surface area contributed by atoms with Crippen molar-refractivity contribution in [1.29, 1.82) is 0 Å². The van der Waals surface area contributed by atoms with Gasteiger partial charge in [0.1, 0.15) is 5.75 Å². The summed E-state index contributed by atoms with van der Waals surface area (Å²) in [6.45, 7) is 4.50. The van der Waals surface area contributed by atoms with Crippen LogP contribution in [-0.4, -0.2) is 19.2 Å². The van der Waals surface area contributed by atoms with Gasteiger partial charge in [-0.1, -0.05) is 30.4 Å². The summed E-state index contributed by atoms with van der Waals surface area (Å²) in [5, 5.41) is 0. The fraction of sp³-hybridized carbons (Fsp3) is 0.357. The van der Waals surface area contributed by atoms with Gasteiger partial charge in [0, 0.05) is 5.56 Å². The smallest absolute Gasteiger partial charge is 0.309 e. The number of ether oxygens (including phenoxy) is 2. The molecule has 0 amide bonds. The Morgan fingerprint density at radius 2 is 2.12 bits per heavy atom. The molecular formula is C14H18O3. The third kappa shape index (κ3) is 4.72. The highest BCUT2D eigenvalue weighted by atomic mass is 16.5. The molecule has 3 heteroatoms. The summed E-state index contributed by atoms with van der Waals surface area (Å²) in [5.74, 6) is 0.561. The highest BCUT2D eigenvalue weighted by molar-refractivity contribution is 5.69. The molecule has 0 unspecified atom stereocenters. The molecule has 92 valence electrons. The lowest BCUT2D eigenvalue weighted by molar-refractivity contribution is -0.143. The number of hydrogen-bond acceptors (Lipinski definition) is 3. The van der Waals surface area contributed by atoms with Gasteiger partial charge in [-0.2, -0.15) is 0 Å². The van der Waals surface area contributed by atoms with Crippen LogP contribution in [0.25, 0.3) is 6.08 Å². The standard InChI is InChI=1S/C14H18O3/c1-3-7-12-8-5-6-9-13(12)17-11-10-14(15)16-4-2/h3,5-9H,4,10-11H2,1-2H3/b7-3+. The summed E-state index contributed by atoms with van der Waals surface area (Å²) in [5.41, 5.74) is 1.01. The monoisotopic (exact) mass is 234 g/mol. The number of carbonyl (C=O) groups excluding carboxylic acids is 1. The first kappa shape index (κ1) is 13.3. The van der Waals surface area contributed by atoms with Gasteiger partial charge in [-0.05, 0) is 19.9 Å². The second kappa shape index (κ2) is 7.49. The molecule has 1 aromatic rings. The van der Waals surface area contributed by atoms with Gasteiger partial charge in [0.25, 0.3) is 0 Å². The molecule has 0 radical (unpaired) electrons. The topological polar surface area (TPSA) is 35.5 Å². The lowest BCUT2D eigenvalue weighted by Crippen LogP contribution is -2.09. The maximum atomic E-state index is 11.1. The summed E-state index contributed by atoms with van der Waals surface area (Å²) in [4.78, 5) is 11.1. The van der Waals surface area contributed by atoms with E-state index in [2.05, 4.69) is 0 Å². The Labute approximate surface area is 102 Å². The van der Waals surface area contributed by atoms with Crippen LogP contribution in [0.4, 0.5) is 0 Å². The lowest BCUT2D eigenvalue weighted by atomic mass is 10.2. The maximum absolute atomic E-state index is 11.1. The van der Waals surface area contributed by atoms with Crippen LogP contribution in [0.5, 0.6) is 5.75 Å². The van der Waals surface area contributed by atoms with E-state index in [0.717, 1.165) is 11.3 Å². The zero-order valence-corrected chi connectivity index (χ0v) is 10.3. The van der Waals surface area contributed by atoms with Gasteiger partial charge >= 0.3 is 5.97 Å². The van der Waals surface area contributed by atoms with E-state index in [0.29, 0.717) is 13.2 Å². The highest BCUT2D eigenvalue weighted by Crippen LogP contribution is 2.19. The number of carbonyl (C=O) groups is 1. The van der Waals surface area contributed by atoms with Crippen LogP contribution in [0.1, 0.15) is 25.8 Å². The molecule has 3 nitrogen and oxygen atoms in total. The molecule has 0 saturated carbocycles. The van der Waals surface area contributed by atoms with Gasteiger partial charge in [-0.25, -0.2) is 0 Å². The van der Waals surface area contributed by atoms with Crippen LogP contribution in [-0.2, 0) is 9.53 Å². The first-order valence-corrected chi connectivity index (χ1v) is 5.78. The highest BCUT2D eigenvalue weighted by Gasteiger charge is 2.03. The molecule has 17 heavy (non-hydrogen) atoms. The largest absolute Gasteiger partial charge is 0.492 e.